The summed E-state index contributed by atoms with van der Waals surface area (Å²) >= 11 is 1.48. The first-order chi connectivity index (χ1) is 8.47. The largest absolute Gasteiger partial charge is 0.414 e. The number of thiophene rings is 1. The average Bonchev–Trinajstić information content (AvgIpc) is 2.70. The van der Waals surface area contributed by atoms with Gasteiger partial charge in [-0.05, 0) is 31.2 Å². The number of hydroxylamine groups is 1. The number of carbonyl (C=O) groups is 1. The Morgan fingerprint density at radius 1 is 1.39 bits per heavy atom. The van der Waals surface area contributed by atoms with Gasteiger partial charge in [-0.1, -0.05) is 0 Å². The third-order valence-electron chi connectivity index (χ3n) is 2.71. The number of amides is 1. The fraction of sp³-hybridized carbons (Fsp3) is 0.545. The number of nitrogens with one attached hydrogen (secondary N) is 1. The van der Waals surface area contributed by atoms with Crippen LogP contribution in [0.15, 0.2) is 5.38 Å². The normalized spacial score (nSPS) is 15.3. The van der Waals surface area contributed by atoms with Crippen molar-refractivity contribution in [1.82, 2.24) is 5.48 Å². The summed E-state index contributed by atoms with van der Waals surface area (Å²) in [6, 6.07) is 0. The van der Waals surface area contributed by atoms with Crippen molar-refractivity contribution in [2.75, 3.05) is 6.61 Å². The average molecular weight is 279 g/mol. The van der Waals surface area contributed by atoms with Crippen LogP contribution >= 0.6 is 11.3 Å². The van der Waals surface area contributed by atoms with Crippen LogP contribution in [0.2, 0.25) is 0 Å². The second-order valence-electron chi connectivity index (χ2n) is 4.09. The van der Waals surface area contributed by atoms with Gasteiger partial charge in [-0.3, -0.25) is 9.63 Å². The van der Waals surface area contributed by atoms with Crippen molar-refractivity contribution in [3.05, 3.63) is 21.4 Å². The van der Waals surface area contributed by atoms with E-state index >= 15 is 0 Å². The van der Waals surface area contributed by atoms with E-state index in [0.29, 0.717) is 5.56 Å². The number of carbonyl (C=O) groups excluding carboxylic acids is 1. The minimum Gasteiger partial charge on any atom is -0.267 e. The molecule has 0 aliphatic heterocycles. The Labute approximate surface area is 106 Å². The molecule has 0 fully saturated rings. The fourth-order valence-electron chi connectivity index (χ4n) is 1.92. The maximum absolute atomic E-state index is 11.8. The van der Waals surface area contributed by atoms with Crippen molar-refractivity contribution in [1.29, 1.82) is 0 Å². The van der Waals surface area contributed by atoms with E-state index in [1.165, 1.54) is 11.3 Å². The highest BCUT2D eigenvalue weighted by Crippen LogP contribution is 2.30. The van der Waals surface area contributed by atoms with Crippen LogP contribution in [0.25, 0.3) is 0 Å². The number of alkyl halides is 3. The predicted octanol–water partition coefficient (Wildman–Crippen LogP) is 2.85. The van der Waals surface area contributed by atoms with Gasteiger partial charge in [0.2, 0.25) is 0 Å². The first kappa shape index (κ1) is 13.4. The van der Waals surface area contributed by atoms with Crippen molar-refractivity contribution in [3.8, 4) is 0 Å². The highest BCUT2D eigenvalue weighted by molar-refractivity contribution is 7.10. The number of hydrogen-bond acceptors (Lipinski definition) is 3. The van der Waals surface area contributed by atoms with Gasteiger partial charge in [0, 0.05) is 10.3 Å². The standard InChI is InChI=1S/C11H12F3NO2S/c12-11(13,14)6-17-15-10(16)8-5-18-9-4-2-1-3-7(8)9/h5H,1-4,6H2,(H,15,16). The molecule has 0 atom stereocenters. The molecule has 1 N–H and O–H groups in total. The van der Waals surface area contributed by atoms with Gasteiger partial charge in [0.25, 0.3) is 5.91 Å². The van der Waals surface area contributed by atoms with Crippen LogP contribution in [0.5, 0.6) is 0 Å². The minimum absolute atomic E-state index is 0.442. The maximum Gasteiger partial charge on any atom is 0.414 e. The van der Waals surface area contributed by atoms with Gasteiger partial charge < -0.3 is 0 Å². The second kappa shape index (κ2) is 5.27. The molecule has 0 aromatic carbocycles. The summed E-state index contributed by atoms with van der Waals surface area (Å²) in [6.45, 7) is -1.48. The van der Waals surface area contributed by atoms with Gasteiger partial charge in [-0.2, -0.15) is 13.2 Å². The molecular weight excluding hydrogens is 267 g/mol. The first-order valence-electron chi connectivity index (χ1n) is 5.55. The van der Waals surface area contributed by atoms with Crippen LogP contribution in [0.1, 0.15) is 33.6 Å². The molecule has 1 heterocycles. The van der Waals surface area contributed by atoms with Crippen LogP contribution in [-0.2, 0) is 17.7 Å². The van der Waals surface area contributed by atoms with Crippen LogP contribution in [0.4, 0.5) is 13.2 Å². The molecule has 0 unspecified atom stereocenters. The Kier molecular flexibility index (Phi) is 3.91. The van der Waals surface area contributed by atoms with Crippen molar-refractivity contribution < 1.29 is 22.8 Å². The third-order valence-corrected chi connectivity index (χ3v) is 3.80. The summed E-state index contributed by atoms with van der Waals surface area (Å²) in [5, 5.41) is 1.68. The molecule has 1 aromatic heterocycles. The van der Waals surface area contributed by atoms with Crippen LogP contribution in [-0.4, -0.2) is 18.7 Å². The monoisotopic (exact) mass is 279 g/mol. The number of halogens is 3. The Balaban J connectivity index is 1.95. The molecule has 2 rings (SSSR count). The zero-order chi connectivity index (χ0) is 13.2. The highest BCUT2D eigenvalue weighted by atomic mass is 32.1. The molecule has 1 aromatic rings. The van der Waals surface area contributed by atoms with Gasteiger partial charge >= 0.3 is 6.18 Å². The highest BCUT2D eigenvalue weighted by Gasteiger charge is 2.28. The quantitative estimate of drug-likeness (QED) is 0.864. The molecule has 0 saturated carbocycles. The minimum atomic E-state index is -4.44. The SMILES string of the molecule is O=C(NOCC(F)(F)F)c1csc2c1CCCC2. The smallest absolute Gasteiger partial charge is 0.267 e. The predicted molar refractivity (Wildman–Crippen MR) is 60.4 cm³/mol. The fourth-order valence-corrected chi connectivity index (χ4v) is 3.05. The number of aryl methyl sites for hydroxylation is 1. The van der Waals surface area contributed by atoms with Crippen molar-refractivity contribution in [2.45, 2.75) is 31.9 Å². The molecule has 1 amide bonds. The lowest BCUT2D eigenvalue weighted by Gasteiger charge is -2.13. The Morgan fingerprint density at radius 3 is 2.83 bits per heavy atom. The molecule has 1 aliphatic rings. The molecule has 3 nitrogen and oxygen atoms in total. The Hall–Kier alpha value is -1.08. The van der Waals surface area contributed by atoms with Crippen LogP contribution in [0.3, 0.4) is 0 Å². The topological polar surface area (TPSA) is 38.3 Å². The first-order valence-corrected chi connectivity index (χ1v) is 6.43. The van der Waals surface area contributed by atoms with E-state index in [1.807, 2.05) is 5.48 Å². The summed E-state index contributed by atoms with van der Waals surface area (Å²) < 4.78 is 35.5. The summed E-state index contributed by atoms with van der Waals surface area (Å²) in [5.41, 5.74) is 3.24. The summed E-state index contributed by atoms with van der Waals surface area (Å²) in [5.74, 6) is -0.598. The molecular formula is C11H12F3NO2S. The lowest BCUT2D eigenvalue weighted by Crippen LogP contribution is -2.30. The van der Waals surface area contributed by atoms with Crippen LogP contribution < -0.4 is 5.48 Å². The Morgan fingerprint density at radius 2 is 2.11 bits per heavy atom. The zero-order valence-electron chi connectivity index (χ0n) is 9.47. The van der Waals surface area contributed by atoms with Gasteiger partial charge in [-0.15, -0.1) is 11.3 Å². The molecule has 18 heavy (non-hydrogen) atoms. The maximum atomic E-state index is 11.8. The van der Waals surface area contributed by atoms with Crippen molar-refractivity contribution in [3.63, 3.8) is 0 Å². The van der Waals surface area contributed by atoms with Gasteiger partial charge in [0.15, 0.2) is 6.61 Å². The number of hydrogen-bond donors (Lipinski definition) is 1. The zero-order valence-corrected chi connectivity index (χ0v) is 10.3. The molecule has 0 bridgehead atoms. The van der Waals surface area contributed by atoms with E-state index in [0.717, 1.165) is 36.1 Å². The Bertz CT molecular complexity index is 442. The van der Waals surface area contributed by atoms with E-state index in [1.54, 1.807) is 5.38 Å². The molecule has 7 heteroatoms. The summed E-state index contributed by atoms with van der Waals surface area (Å²) in [6.07, 6.45) is -0.592. The van der Waals surface area contributed by atoms with Gasteiger partial charge in [0.05, 0.1) is 5.56 Å². The third kappa shape index (κ3) is 3.23. The van der Waals surface area contributed by atoms with Gasteiger partial charge in [0.1, 0.15) is 0 Å². The van der Waals surface area contributed by atoms with E-state index in [4.69, 9.17) is 0 Å². The molecule has 100 valence electrons. The molecule has 1 aliphatic carbocycles. The number of fused-ring (bicyclic) bond motifs is 1. The molecule has 0 spiro atoms. The number of rotatable bonds is 3. The van der Waals surface area contributed by atoms with E-state index in [-0.39, 0.29) is 0 Å². The van der Waals surface area contributed by atoms with Gasteiger partial charge in [-0.25, -0.2) is 5.48 Å². The van der Waals surface area contributed by atoms with Crippen molar-refractivity contribution >= 4 is 17.2 Å². The lowest BCUT2D eigenvalue weighted by atomic mass is 9.96. The summed E-state index contributed by atoms with van der Waals surface area (Å²) in [7, 11) is 0. The van der Waals surface area contributed by atoms with Crippen LogP contribution in [0, 0.1) is 0 Å². The van der Waals surface area contributed by atoms with E-state index < -0.39 is 18.7 Å². The molecule has 0 saturated heterocycles. The van der Waals surface area contributed by atoms with E-state index in [2.05, 4.69) is 4.84 Å². The summed E-state index contributed by atoms with van der Waals surface area (Å²) in [4.78, 5) is 17.0. The van der Waals surface area contributed by atoms with Crippen molar-refractivity contribution in [2.24, 2.45) is 0 Å². The lowest BCUT2D eigenvalue weighted by molar-refractivity contribution is -0.184. The molecule has 0 radical (unpaired) electrons. The second-order valence-corrected chi connectivity index (χ2v) is 5.06. The van der Waals surface area contributed by atoms with E-state index in [9.17, 15) is 18.0 Å².